The Bertz CT molecular complexity index is 1200. The van der Waals surface area contributed by atoms with E-state index in [1.54, 1.807) is 17.0 Å². The zero-order valence-corrected chi connectivity index (χ0v) is 23.6. The van der Waals surface area contributed by atoms with Crippen molar-refractivity contribution < 1.29 is 14.3 Å². The smallest absolute Gasteiger partial charge is 0.320 e. The van der Waals surface area contributed by atoms with Gasteiger partial charge in [0.15, 0.2) is 0 Å². The standard InChI is InChI=1S/C29H39ClN4O4/c1-5-6-9-20-16-34(28(37)23-10-7-8-15-33(23)18-24(35)38-29(2,3)4)17-22-25(20)31-26(32-27(22)36)19-11-13-21(30)14-12-19/h11-14,20,23H,5-10,15-18H2,1-4H3,(H,31,32,36)/t20?,23-/m0/s1. The summed E-state index contributed by atoms with van der Waals surface area (Å²) in [6.45, 7) is 9.15. The van der Waals surface area contributed by atoms with Crippen LogP contribution in [0.2, 0.25) is 5.02 Å². The van der Waals surface area contributed by atoms with Crippen LogP contribution in [0.25, 0.3) is 11.4 Å². The molecule has 3 heterocycles. The number of carbonyl (C=O) groups excluding carboxylic acids is 2. The van der Waals surface area contributed by atoms with E-state index in [2.05, 4.69) is 11.9 Å². The highest BCUT2D eigenvalue weighted by Gasteiger charge is 2.38. The zero-order valence-electron chi connectivity index (χ0n) is 22.9. The topological polar surface area (TPSA) is 95.6 Å². The van der Waals surface area contributed by atoms with Crippen molar-refractivity contribution in [3.8, 4) is 11.4 Å². The van der Waals surface area contributed by atoms with Gasteiger partial charge in [0.2, 0.25) is 5.91 Å². The highest BCUT2D eigenvalue weighted by atomic mass is 35.5. The molecule has 38 heavy (non-hydrogen) atoms. The lowest BCUT2D eigenvalue weighted by molar-refractivity contribution is -0.158. The van der Waals surface area contributed by atoms with Gasteiger partial charge in [-0.2, -0.15) is 0 Å². The van der Waals surface area contributed by atoms with Crippen LogP contribution in [0, 0.1) is 0 Å². The lowest BCUT2D eigenvalue weighted by atomic mass is 9.89. The molecule has 1 aromatic heterocycles. The van der Waals surface area contributed by atoms with Crippen LogP contribution in [0.5, 0.6) is 0 Å². The number of likely N-dealkylation sites (tertiary alicyclic amines) is 1. The Kier molecular flexibility index (Phi) is 8.93. The van der Waals surface area contributed by atoms with Gasteiger partial charge >= 0.3 is 5.97 Å². The minimum atomic E-state index is -0.575. The molecule has 2 aromatic rings. The summed E-state index contributed by atoms with van der Waals surface area (Å²) in [4.78, 5) is 51.3. The maximum absolute atomic E-state index is 13.9. The van der Waals surface area contributed by atoms with Gasteiger partial charge in [-0.1, -0.05) is 37.8 Å². The molecule has 2 aliphatic rings. The van der Waals surface area contributed by atoms with Crippen LogP contribution in [0.4, 0.5) is 0 Å². The second-order valence-electron chi connectivity index (χ2n) is 11.4. The largest absolute Gasteiger partial charge is 0.459 e. The summed E-state index contributed by atoms with van der Waals surface area (Å²) in [5, 5.41) is 0.618. The molecule has 206 valence electrons. The summed E-state index contributed by atoms with van der Waals surface area (Å²) in [5.74, 6) is 0.139. The van der Waals surface area contributed by atoms with Gasteiger partial charge in [0.05, 0.1) is 30.4 Å². The number of aromatic nitrogens is 2. The van der Waals surface area contributed by atoms with Crippen LogP contribution >= 0.6 is 11.6 Å². The molecule has 0 bridgehead atoms. The quantitative estimate of drug-likeness (QED) is 0.500. The van der Waals surface area contributed by atoms with E-state index in [0.717, 1.165) is 43.4 Å². The summed E-state index contributed by atoms with van der Waals surface area (Å²) in [6, 6.07) is 6.84. The van der Waals surface area contributed by atoms with Crippen LogP contribution in [0.3, 0.4) is 0 Å². The molecule has 0 radical (unpaired) electrons. The summed E-state index contributed by atoms with van der Waals surface area (Å²) < 4.78 is 5.53. The Morgan fingerprint density at radius 2 is 1.92 bits per heavy atom. The second kappa shape index (κ2) is 12.0. The predicted molar refractivity (Wildman–Crippen MR) is 148 cm³/mol. The summed E-state index contributed by atoms with van der Waals surface area (Å²) in [6.07, 6.45) is 5.39. The van der Waals surface area contributed by atoms with Gasteiger partial charge in [0, 0.05) is 23.0 Å². The number of ether oxygens (including phenoxy) is 1. The molecule has 9 heteroatoms. The highest BCUT2D eigenvalue weighted by molar-refractivity contribution is 6.30. The molecule has 2 atom stereocenters. The first-order valence-electron chi connectivity index (χ1n) is 13.7. The van der Waals surface area contributed by atoms with Crippen molar-refractivity contribution in [3.05, 3.63) is 50.9 Å². The minimum Gasteiger partial charge on any atom is -0.459 e. The van der Waals surface area contributed by atoms with Crippen molar-refractivity contribution in [1.29, 1.82) is 0 Å². The number of piperidine rings is 1. The van der Waals surface area contributed by atoms with Crippen molar-refractivity contribution in [2.75, 3.05) is 19.6 Å². The van der Waals surface area contributed by atoms with Crippen molar-refractivity contribution in [3.63, 3.8) is 0 Å². The third-order valence-electron chi connectivity index (χ3n) is 7.21. The van der Waals surface area contributed by atoms with Crippen LogP contribution in [0.15, 0.2) is 29.1 Å². The minimum absolute atomic E-state index is 0.0263. The molecule has 1 aromatic carbocycles. The average molecular weight is 543 g/mol. The molecule has 2 aliphatic heterocycles. The van der Waals surface area contributed by atoms with Gasteiger partial charge in [0.25, 0.3) is 5.56 Å². The number of esters is 1. The van der Waals surface area contributed by atoms with E-state index in [1.165, 1.54) is 0 Å². The molecule has 0 spiro atoms. The van der Waals surface area contributed by atoms with Crippen LogP contribution < -0.4 is 5.56 Å². The number of halogens is 1. The molecule has 1 amide bonds. The lowest BCUT2D eigenvalue weighted by Crippen LogP contribution is -2.54. The third-order valence-corrected chi connectivity index (χ3v) is 7.46. The third kappa shape index (κ3) is 6.83. The molecule has 8 nitrogen and oxygen atoms in total. The van der Waals surface area contributed by atoms with Crippen molar-refractivity contribution >= 4 is 23.5 Å². The normalized spacial score (nSPS) is 20.2. The number of hydrogen-bond donors (Lipinski definition) is 1. The number of nitrogens with one attached hydrogen (secondary N) is 1. The number of aromatic amines is 1. The predicted octanol–water partition coefficient (Wildman–Crippen LogP) is 4.90. The van der Waals surface area contributed by atoms with Crippen LogP contribution in [-0.2, 0) is 20.9 Å². The fourth-order valence-corrected chi connectivity index (χ4v) is 5.54. The van der Waals surface area contributed by atoms with E-state index in [0.29, 0.717) is 35.9 Å². The van der Waals surface area contributed by atoms with Gasteiger partial charge in [-0.15, -0.1) is 0 Å². The summed E-state index contributed by atoms with van der Waals surface area (Å²) in [7, 11) is 0. The van der Waals surface area contributed by atoms with Gasteiger partial charge < -0.3 is 14.6 Å². The van der Waals surface area contributed by atoms with E-state index < -0.39 is 11.6 Å². The average Bonchev–Trinajstić information content (AvgIpc) is 2.86. The molecular formula is C29H39ClN4O4. The number of carbonyl (C=O) groups is 2. The fraction of sp³-hybridized carbons (Fsp3) is 0.586. The molecule has 1 saturated heterocycles. The maximum Gasteiger partial charge on any atom is 0.320 e. The van der Waals surface area contributed by atoms with Crippen LogP contribution in [0.1, 0.15) is 83.4 Å². The first-order valence-corrected chi connectivity index (χ1v) is 14.1. The Labute approximate surface area is 229 Å². The van der Waals surface area contributed by atoms with Crippen molar-refractivity contribution in [2.24, 2.45) is 0 Å². The summed E-state index contributed by atoms with van der Waals surface area (Å²) in [5.41, 5.74) is 1.34. The van der Waals surface area contributed by atoms with Crippen molar-refractivity contribution in [2.45, 2.75) is 90.3 Å². The molecule has 4 rings (SSSR count). The number of H-pyrrole nitrogens is 1. The molecule has 0 aliphatic carbocycles. The molecule has 1 fully saturated rings. The molecule has 0 saturated carbocycles. The number of benzene rings is 1. The monoisotopic (exact) mass is 542 g/mol. The maximum atomic E-state index is 13.9. The first-order chi connectivity index (χ1) is 18.1. The number of hydrogen-bond acceptors (Lipinski definition) is 6. The zero-order chi connectivity index (χ0) is 27.4. The summed E-state index contributed by atoms with van der Waals surface area (Å²) >= 11 is 6.04. The molecular weight excluding hydrogens is 504 g/mol. The highest BCUT2D eigenvalue weighted by Crippen LogP contribution is 2.32. The van der Waals surface area contributed by atoms with Crippen LogP contribution in [-0.4, -0.2) is 62.9 Å². The van der Waals surface area contributed by atoms with E-state index in [9.17, 15) is 14.4 Å². The van der Waals surface area contributed by atoms with E-state index in [-0.39, 0.29) is 36.4 Å². The van der Waals surface area contributed by atoms with Gasteiger partial charge in [-0.05, 0) is 70.8 Å². The number of amides is 1. The van der Waals surface area contributed by atoms with Gasteiger partial charge in [-0.3, -0.25) is 19.3 Å². The molecule has 1 N–H and O–H groups in total. The van der Waals surface area contributed by atoms with E-state index >= 15 is 0 Å². The lowest BCUT2D eigenvalue weighted by Gasteiger charge is -2.40. The van der Waals surface area contributed by atoms with Gasteiger partial charge in [0.1, 0.15) is 11.4 Å². The van der Waals surface area contributed by atoms with E-state index in [1.807, 2.05) is 37.8 Å². The fourth-order valence-electron chi connectivity index (χ4n) is 5.41. The number of rotatable bonds is 7. The Balaban J connectivity index is 1.59. The SMILES string of the molecule is CCCCC1CN(C(=O)[C@@H]2CCCCN2CC(=O)OC(C)(C)C)Cc2c1nc(-c1ccc(Cl)cc1)[nH]c2=O. The van der Waals surface area contributed by atoms with Crippen molar-refractivity contribution in [1.82, 2.24) is 19.8 Å². The van der Waals surface area contributed by atoms with E-state index in [4.69, 9.17) is 21.3 Å². The first kappa shape index (κ1) is 28.3. The second-order valence-corrected chi connectivity index (χ2v) is 11.8. The number of fused-ring (bicyclic) bond motifs is 1. The number of unbranched alkanes of at least 4 members (excludes halogenated alkanes) is 1. The molecule has 1 unspecified atom stereocenters. The Hall–Kier alpha value is -2.71. The van der Waals surface area contributed by atoms with Gasteiger partial charge in [-0.25, -0.2) is 4.98 Å². The Morgan fingerprint density at radius 3 is 2.61 bits per heavy atom. The Morgan fingerprint density at radius 1 is 1.18 bits per heavy atom. The number of nitrogens with zero attached hydrogens (tertiary/aromatic N) is 3.